The minimum absolute atomic E-state index is 0.456. The summed E-state index contributed by atoms with van der Waals surface area (Å²) < 4.78 is 6.11. The first-order valence-corrected chi connectivity index (χ1v) is 8.10. The molecule has 5 rings (SSSR count). The minimum atomic E-state index is 0.456. The Morgan fingerprint density at radius 3 is 2.45 bits per heavy atom. The van der Waals surface area contributed by atoms with E-state index in [0.29, 0.717) is 6.54 Å². The van der Waals surface area contributed by atoms with Gasteiger partial charge in [0, 0.05) is 12.7 Å². The molecular weight excluding hydrogens is 248 g/mol. The van der Waals surface area contributed by atoms with Crippen LogP contribution >= 0.6 is 0 Å². The fraction of sp³-hybridized carbons (Fsp3) is 0.706. The fourth-order valence-electron chi connectivity index (χ4n) is 5.20. The molecule has 1 heterocycles. The number of nitrogens with zero attached hydrogens (tertiary/aromatic N) is 1. The molecule has 0 saturated heterocycles. The highest BCUT2D eigenvalue weighted by atomic mass is 16.5. The minimum Gasteiger partial charge on any atom is -0.491 e. The van der Waals surface area contributed by atoms with Gasteiger partial charge >= 0.3 is 0 Å². The number of ether oxygens (including phenoxy) is 1. The summed E-state index contributed by atoms with van der Waals surface area (Å²) in [6.07, 6.45) is 9.13. The molecule has 0 atom stereocenters. The zero-order valence-corrected chi connectivity index (χ0v) is 12.0. The van der Waals surface area contributed by atoms with Gasteiger partial charge < -0.3 is 10.5 Å². The molecule has 4 aliphatic carbocycles. The van der Waals surface area contributed by atoms with Crippen molar-refractivity contribution in [2.24, 2.45) is 35.3 Å². The predicted octanol–water partition coefficient (Wildman–Crippen LogP) is 2.99. The van der Waals surface area contributed by atoms with E-state index in [1.807, 2.05) is 12.1 Å². The van der Waals surface area contributed by atoms with Gasteiger partial charge in [-0.25, -0.2) is 0 Å². The number of rotatable bonds is 4. The normalized spacial score (nSPS) is 38.1. The van der Waals surface area contributed by atoms with E-state index >= 15 is 0 Å². The highest BCUT2D eigenvalue weighted by Gasteiger charge is 2.48. The number of pyridine rings is 1. The Balaban J connectivity index is 1.45. The second-order valence-corrected chi connectivity index (χ2v) is 7.06. The Hall–Kier alpha value is -1.09. The maximum absolute atomic E-state index is 6.11. The lowest BCUT2D eigenvalue weighted by molar-refractivity contribution is -0.0530. The molecule has 3 heteroatoms. The summed E-state index contributed by atoms with van der Waals surface area (Å²) in [7, 11) is 0. The number of hydrogen-bond donors (Lipinski definition) is 1. The van der Waals surface area contributed by atoms with Crippen LogP contribution in [0.25, 0.3) is 0 Å². The third-order valence-electron chi connectivity index (χ3n) is 5.90. The van der Waals surface area contributed by atoms with E-state index in [1.165, 1.54) is 32.1 Å². The monoisotopic (exact) mass is 272 g/mol. The topological polar surface area (TPSA) is 48.1 Å². The van der Waals surface area contributed by atoms with Gasteiger partial charge in [0.15, 0.2) is 0 Å². The quantitative estimate of drug-likeness (QED) is 0.916. The van der Waals surface area contributed by atoms with Crippen molar-refractivity contribution in [1.29, 1.82) is 0 Å². The van der Waals surface area contributed by atoms with E-state index in [4.69, 9.17) is 10.5 Å². The molecule has 0 spiro atoms. The molecule has 4 saturated carbocycles. The van der Waals surface area contributed by atoms with Crippen LogP contribution in [-0.4, -0.2) is 11.6 Å². The Kier molecular flexibility index (Phi) is 3.18. The average molecular weight is 272 g/mol. The van der Waals surface area contributed by atoms with E-state index < -0.39 is 0 Å². The molecule has 0 radical (unpaired) electrons. The van der Waals surface area contributed by atoms with Gasteiger partial charge in [0.05, 0.1) is 12.3 Å². The number of hydrogen-bond acceptors (Lipinski definition) is 3. The van der Waals surface area contributed by atoms with Crippen LogP contribution in [0.1, 0.15) is 37.8 Å². The summed E-state index contributed by atoms with van der Waals surface area (Å²) in [5.74, 6) is 5.57. The Morgan fingerprint density at radius 2 is 1.80 bits per heavy atom. The van der Waals surface area contributed by atoms with E-state index in [2.05, 4.69) is 4.98 Å². The lowest BCUT2D eigenvalue weighted by atomic mass is 9.52. The highest BCUT2D eigenvalue weighted by Crippen LogP contribution is 2.56. The lowest BCUT2D eigenvalue weighted by Gasteiger charge is -2.54. The van der Waals surface area contributed by atoms with Crippen molar-refractivity contribution >= 4 is 0 Å². The van der Waals surface area contributed by atoms with Gasteiger partial charge in [-0.05, 0) is 73.8 Å². The average Bonchev–Trinajstić information content (AvgIpc) is 2.46. The van der Waals surface area contributed by atoms with Gasteiger partial charge in [0.2, 0.25) is 0 Å². The number of aromatic nitrogens is 1. The Bertz CT molecular complexity index is 460. The van der Waals surface area contributed by atoms with Crippen molar-refractivity contribution in [3.05, 3.63) is 24.0 Å². The molecule has 0 aromatic carbocycles. The first-order valence-electron chi connectivity index (χ1n) is 8.10. The SMILES string of the molecule is NCc1ncccc1OCC1C2CC3CC(C2)CC1C3. The van der Waals surface area contributed by atoms with Crippen LogP contribution in [0.15, 0.2) is 18.3 Å². The van der Waals surface area contributed by atoms with Crippen LogP contribution in [0.5, 0.6) is 5.75 Å². The van der Waals surface area contributed by atoms with E-state index in [1.54, 1.807) is 6.20 Å². The van der Waals surface area contributed by atoms with Crippen molar-refractivity contribution in [2.75, 3.05) is 6.61 Å². The summed E-state index contributed by atoms with van der Waals surface area (Å²) in [5.41, 5.74) is 6.62. The summed E-state index contributed by atoms with van der Waals surface area (Å²) in [6.45, 7) is 1.32. The molecule has 0 amide bonds. The van der Waals surface area contributed by atoms with Gasteiger partial charge in [0.1, 0.15) is 5.75 Å². The van der Waals surface area contributed by atoms with Crippen LogP contribution in [-0.2, 0) is 6.54 Å². The number of nitrogens with two attached hydrogens (primary N) is 1. The molecule has 4 fully saturated rings. The van der Waals surface area contributed by atoms with Crippen LogP contribution < -0.4 is 10.5 Å². The zero-order valence-electron chi connectivity index (χ0n) is 12.0. The van der Waals surface area contributed by atoms with Gasteiger partial charge in [-0.1, -0.05) is 0 Å². The Labute approximate surface area is 120 Å². The lowest BCUT2D eigenvalue weighted by Crippen LogP contribution is -2.47. The van der Waals surface area contributed by atoms with Crippen LogP contribution in [0.3, 0.4) is 0 Å². The van der Waals surface area contributed by atoms with Crippen molar-refractivity contribution in [2.45, 2.75) is 38.6 Å². The molecule has 2 N–H and O–H groups in total. The molecule has 1 aromatic rings. The van der Waals surface area contributed by atoms with Crippen LogP contribution in [0.2, 0.25) is 0 Å². The molecule has 0 unspecified atom stereocenters. The summed E-state index contributed by atoms with van der Waals surface area (Å²) in [5, 5.41) is 0. The molecule has 0 aliphatic heterocycles. The van der Waals surface area contributed by atoms with Crippen molar-refractivity contribution < 1.29 is 4.74 Å². The van der Waals surface area contributed by atoms with E-state index in [0.717, 1.165) is 47.6 Å². The zero-order chi connectivity index (χ0) is 13.5. The molecule has 4 bridgehead atoms. The standard InChI is InChI=1S/C17H24N2O/c18-9-16-17(2-1-3-19-16)20-10-15-13-5-11-4-12(7-13)8-14(15)6-11/h1-3,11-15H,4-10,18H2. The first kappa shape index (κ1) is 12.6. The van der Waals surface area contributed by atoms with Crippen LogP contribution in [0.4, 0.5) is 0 Å². The molecule has 4 aliphatic rings. The molecule has 108 valence electrons. The largest absolute Gasteiger partial charge is 0.491 e. The maximum atomic E-state index is 6.11. The fourth-order valence-corrected chi connectivity index (χ4v) is 5.20. The van der Waals surface area contributed by atoms with Gasteiger partial charge in [-0.3, -0.25) is 4.98 Å². The molecule has 3 nitrogen and oxygen atoms in total. The van der Waals surface area contributed by atoms with Crippen molar-refractivity contribution in [3.8, 4) is 5.75 Å². The molecular formula is C17H24N2O. The summed E-state index contributed by atoms with van der Waals surface area (Å²) in [4.78, 5) is 4.30. The first-order chi connectivity index (χ1) is 9.83. The summed E-state index contributed by atoms with van der Waals surface area (Å²) >= 11 is 0. The predicted molar refractivity (Wildman–Crippen MR) is 78.2 cm³/mol. The smallest absolute Gasteiger partial charge is 0.142 e. The molecule has 20 heavy (non-hydrogen) atoms. The second kappa shape index (κ2) is 5.03. The third kappa shape index (κ3) is 2.12. The summed E-state index contributed by atoms with van der Waals surface area (Å²) in [6, 6.07) is 3.94. The third-order valence-corrected chi connectivity index (χ3v) is 5.90. The van der Waals surface area contributed by atoms with Gasteiger partial charge in [-0.2, -0.15) is 0 Å². The second-order valence-electron chi connectivity index (χ2n) is 7.06. The molecule has 1 aromatic heterocycles. The van der Waals surface area contributed by atoms with Gasteiger partial charge in [0.25, 0.3) is 0 Å². The van der Waals surface area contributed by atoms with Crippen LogP contribution in [0, 0.1) is 29.6 Å². The van der Waals surface area contributed by atoms with E-state index in [9.17, 15) is 0 Å². The van der Waals surface area contributed by atoms with Crippen molar-refractivity contribution in [3.63, 3.8) is 0 Å². The van der Waals surface area contributed by atoms with Crippen molar-refractivity contribution in [1.82, 2.24) is 4.98 Å². The highest BCUT2D eigenvalue weighted by molar-refractivity contribution is 5.26. The van der Waals surface area contributed by atoms with E-state index in [-0.39, 0.29) is 0 Å². The maximum Gasteiger partial charge on any atom is 0.142 e. The van der Waals surface area contributed by atoms with Gasteiger partial charge in [-0.15, -0.1) is 0 Å². The Morgan fingerprint density at radius 1 is 1.10 bits per heavy atom.